The van der Waals surface area contributed by atoms with Gasteiger partial charge in [-0.15, -0.1) is 0 Å². The Morgan fingerprint density at radius 2 is 2.44 bits per heavy atom. The number of nitrogens with zero attached hydrogens (tertiary/aromatic N) is 2. The summed E-state index contributed by atoms with van der Waals surface area (Å²) in [6.07, 6.45) is 2.30. The maximum absolute atomic E-state index is 11.8. The van der Waals surface area contributed by atoms with Crippen molar-refractivity contribution in [3.05, 3.63) is 23.9 Å². The highest BCUT2D eigenvalue weighted by molar-refractivity contribution is 9.09. The average molecular weight is 284 g/mol. The molecule has 0 radical (unpaired) electrons. The van der Waals surface area contributed by atoms with Gasteiger partial charge in [-0.1, -0.05) is 15.9 Å². The second-order valence-electron chi connectivity index (χ2n) is 3.96. The molecule has 0 aliphatic carbocycles. The van der Waals surface area contributed by atoms with Crippen LogP contribution in [0.1, 0.15) is 12.0 Å². The standard InChI is InChI=1S/C11H14BrN3O/c12-5-9-4-11(16)15(7-9)10-3-8(6-13)1-2-14-10/h1-3,9H,4-7,13H2. The number of rotatable bonds is 3. The van der Waals surface area contributed by atoms with Crippen LogP contribution in [-0.4, -0.2) is 22.8 Å². The van der Waals surface area contributed by atoms with Gasteiger partial charge < -0.3 is 5.73 Å². The maximum Gasteiger partial charge on any atom is 0.228 e. The zero-order chi connectivity index (χ0) is 11.5. The molecule has 0 saturated carbocycles. The molecule has 86 valence electrons. The normalized spacial score (nSPS) is 20.5. The highest BCUT2D eigenvalue weighted by Gasteiger charge is 2.30. The van der Waals surface area contributed by atoms with Gasteiger partial charge in [-0.25, -0.2) is 4.98 Å². The van der Waals surface area contributed by atoms with E-state index in [0.29, 0.717) is 18.9 Å². The molecule has 5 heteroatoms. The van der Waals surface area contributed by atoms with Crippen molar-refractivity contribution in [1.82, 2.24) is 4.98 Å². The Bertz CT molecular complexity index is 397. The summed E-state index contributed by atoms with van der Waals surface area (Å²) in [5.74, 6) is 1.25. The van der Waals surface area contributed by atoms with Gasteiger partial charge in [-0.05, 0) is 23.6 Å². The number of amides is 1. The summed E-state index contributed by atoms with van der Waals surface area (Å²) in [5.41, 5.74) is 6.57. The third-order valence-corrected chi connectivity index (χ3v) is 3.66. The van der Waals surface area contributed by atoms with Gasteiger partial charge in [0.15, 0.2) is 0 Å². The molecular weight excluding hydrogens is 270 g/mol. The topological polar surface area (TPSA) is 59.2 Å². The largest absolute Gasteiger partial charge is 0.326 e. The van der Waals surface area contributed by atoms with Crippen LogP contribution in [0, 0.1) is 5.92 Å². The molecule has 0 bridgehead atoms. The van der Waals surface area contributed by atoms with Crippen molar-refractivity contribution in [2.75, 3.05) is 16.8 Å². The lowest BCUT2D eigenvalue weighted by Gasteiger charge is -2.15. The van der Waals surface area contributed by atoms with Gasteiger partial charge >= 0.3 is 0 Å². The molecule has 1 unspecified atom stereocenters. The summed E-state index contributed by atoms with van der Waals surface area (Å²) in [5, 5.41) is 0.853. The molecule has 0 aromatic carbocycles. The van der Waals surface area contributed by atoms with Crippen LogP contribution in [0.15, 0.2) is 18.3 Å². The third-order valence-electron chi connectivity index (χ3n) is 2.75. The Hall–Kier alpha value is -0.940. The summed E-state index contributed by atoms with van der Waals surface area (Å²) in [7, 11) is 0. The summed E-state index contributed by atoms with van der Waals surface area (Å²) in [6.45, 7) is 1.21. The van der Waals surface area contributed by atoms with E-state index in [0.717, 1.165) is 23.3 Å². The van der Waals surface area contributed by atoms with Gasteiger partial charge in [-0.2, -0.15) is 0 Å². The number of carbonyl (C=O) groups excluding carboxylic acids is 1. The van der Waals surface area contributed by atoms with Crippen LogP contribution < -0.4 is 10.6 Å². The lowest BCUT2D eigenvalue weighted by atomic mass is 10.2. The first-order valence-corrected chi connectivity index (χ1v) is 6.38. The van der Waals surface area contributed by atoms with E-state index in [4.69, 9.17) is 5.73 Å². The minimum atomic E-state index is 0.145. The highest BCUT2D eigenvalue weighted by Crippen LogP contribution is 2.24. The van der Waals surface area contributed by atoms with E-state index in [1.165, 1.54) is 0 Å². The Morgan fingerprint density at radius 1 is 1.62 bits per heavy atom. The molecule has 0 spiro atoms. The fourth-order valence-corrected chi connectivity index (χ4v) is 2.28. The zero-order valence-corrected chi connectivity index (χ0v) is 10.5. The molecule has 4 nitrogen and oxygen atoms in total. The zero-order valence-electron chi connectivity index (χ0n) is 8.90. The molecule has 1 aromatic heterocycles. The first kappa shape index (κ1) is 11.5. The average Bonchev–Trinajstić information content (AvgIpc) is 2.71. The predicted molar refractivity (Wildman–Crippen MR) is 66.4 cm³/mol. The van der Waals surface area contributed by atoms with Crippen LogP contribution in [0.5, 0.6) is 0 Å². The Morgan fingerprint density at radius 3 is 3.06 bits per heavy atom. The highest BCUT2D eigenvalue weighted by atomic mass is 79.9. The van der Waals surface area contributed by atoms with Crippen LogP contribution in [0.25, 0.3) is 0 Å². The predicted octanol–water partition coefficient (Wildman–Crippen LogP) is 1.29. The summed E-state index contributed by atoms with van der Waals surface area (Å²) in [6, 6.07) is 3.75. The number of hydrogen-bond donors (Lipinski definition) is 1. The monoisotopic (exact) mass is 283 g/mol. The summed E-state index contributed by atoms with van der Waals surface area (Å²) >= 11 is 3.41. The van der Waals surface area contributed by atoms with E-state index in [1.54, 1.807) is 11.1 Å². The molecule has 2 N–H and O–H groups in total. The molecular formula is C11H14BrN3O. The molecule has 16 heavy (non-hydrogen) atoms. The number of halogens is 1. The van der Waals surface area contributed by atoms with E-state index in [9.17, 15) is 4.79 Å². The van der Waals surface area contributed by atoms with Gasteiger partial charge in [0, 0.05) is 31.0 Å². The van der Waals surface area contributed by atoms with Crippen molar-refractivity contribution >= 4 is 27.7 Å². The number of carbonyl (C=O) groups is 1. The van der Waals surface area contributed by atoms with Gasteiger partial charge in [0.25, 0.3) is 0 Å². The number of nitrogens with two attached hydrogens (primary N) is 1. The number of pyridine rings is 1. The molecule has 1 amide bonds. The molecule has 1 aromatic rings. The lowest BCUT2D eigenvalue weighted by Crippen LogP contribution is -2.25. The summed E-state index contributed by atoms with van der Waals surface area (Å²) < 4.78 is 0. The van der Waals surface area contributed by atoms with E-state index < -0.39 is 0 Å². The third kappa shape index (κ3) is 2.25. The second kappa shape index (κ2) is 4.93. The number of anilines is 1. The van der Waals surface area contributed by atoms with Crippen LogP contribution in [0.2, 0.25) is 0 Å². The van der Waals surface area contributed by atoms with E-state index in [-0.39, 0.29) is 5.91 Å². The Balaban J connectivity index is 2.20. The van der Waals surface area contributed by atoms with Crippen molar-refractivity contribution in [3.63, 3.8) is 0 Å². The summed E-state index contributed by atoms with van der Waals surface area (Å²) in [4.78, 5) is 17.7. The fourth-order valence-electron chi connectivity index (χ4n) is 1.84. The van der Waals surface area contributed by atoms with Crippen LogP contribution >= 0.6 is 15.9 Å². The fraction of sp³-hybridized carbons (Fsp3) is 0.455. The maximum atomic E-state index is 11.8. The molecule has 2 heterocycles. The van der Waals surface area contributed by atoms with Crippen molar-refractivity contribution in [2.24, 2.45) is 11.7 Å². The van der Waals surface area contributed by atoms with Crippen molar-refractivity contribution < 1.29 is 4.79 Å². The molecule has 1 saturated heterocycles. The number of aromatic nitrogens is 1. The van der Waals surface area contributed by atoms with E-state index >= 15 is 0 Å². The van der Waals surface area contributed by atoms with Crippen LogP contribution in [-0.2, 0) is 11.3 Å². The van der Waals surface area contributed by atoms with Gasteiger partial charge in [0.2, 0.25) is 5.91 Å². The first-order valence-electron chi connectivity index (χ1n) is 5.26. The second-order valence-corrected chi connectivity index (χ2v) is 4.60. The SMILES string of the molecule is NCc1ccnc(N2CC(CBr)CC2=O)c1. The minimum absolute atomic E-state index is 0.145. The van der Waals surface area contributed by atoms with E-state index in [1.807, 2.05) is 12.1 Å². The molecule has 1 atom stereocenters. The van der Waals surface area contributed by atoms with Gasteiger partial charge in [0.05, 0.1) is 0 Å². The molecule has 1 fully saturated rings. The quantitative estimate of drug-likeness (QED) is 0.851. The lowest BCUT2D eigenvalue weighted by molar-refractivity contribution is -0.117. The Kier molecular flexibility index (Phi) is 3.56. The molecule has 2 rings (SSSR count). The van der Waals surface area contributed by atoms with Crippen molar-refractivity contribution in [3.8, 4) is 0 Å². The number of hydrogen-bond acceptors (Lipinski definition) is 3. The van der Waals surface area contributed by atoms with Crippen molar-refractivity contribution in [2.45, 2.75) is 13.0 Å². The van der Waals surface area contributed by atoms with Crippen LogP contribution in [0.4, 0.5) is 5.82 Å². The van der Waals surface area contributed by atoms with Gasteiger partial charge in [0.1, 0.15) is 5.82 Å². The van der Waals surface area contributed by atoms with Crippen molar-refractivity contribution in [1.29, 1.82) is 0 Å². The first-order chi connectivity index (χ1) is 7.74. The van der Waals surface area contributed by atoms with E-state index in [2.05, 4.69) is 20.9 Å². The number of alkyl halides is 1. The minimum Gasteiger partial charge on any atom is -0.326 e. The van der Waals surface area contributed by atoms with Crippen LogP contribution in [0.3, 0.4) is 0 Å². The Labute approximate surface area is 103 Å². The van der Waals surface area contributed by atoms with Gasteiger partial charge in [-0.3, -0.25) is 9.69 Å². The molecule has 1 aliphatic rings. The molecule has 1 aliphatic heterocycles. The smallest absolute Gasteiger partial charge is 0.228 e.